The SMILES string of the molecule is COc1ccc(OCC(COc2ccc(OC)cc2C(=C=Nc2ccccc2)c2ccccc2)(COc2ccc(OC)cc2C(=C=Nc2ccccc2)c2ccccc2)COc2ccc(OC)cc2C(=C=Nc2ccccc2)c2ccccc2)c(C(=C=Nc2ccccc2)c2ccccc2)c1. The smallest absolute Gasteiger partial charge is 0.128 e. The molecule has 0 heterocycles. The first kappa shape index (κ1) is 67.8. The fourth-order valence-corrected chi connectivity index (χ4v) is 11.0. The van der Waals surface area contributed by atoms with E-state index >= 15 is 0 Å². The van der Waals surface area contributed by atoms with Crippen molar-refractivity contribution in [2.45, 2.75) is 0 Å². The van der Waals surface area contributed by atoms with Crippen molar-refractivity contribution in [2.75, 3.05) is 54.9 Å². The molecule has 0 unspecified atom stereocenters. The molecule has 0 fully saturated rings. The number of hydrogen-bond donors (Lipinski definition) is 0. The van der Waals surface area contributed by atoms with E-state index in [2.05, 4.69) is 23.5 Å². The Bertz CT molecular complexity index is 4370. The standard InChI is InChI=1S/C89H72N4O8/c1-94-73-45-49-85(77(53-73)81(65-29-13-5-14-30-65)57-90-69-37-21-9-22-38-69)98-61-89(62-99-86-50-46-74(95-2)54-78(86)82(66-31-15-6-16-32-66)58-91-70-39-23-10-24-40-70,63-100-87-51-47-75(96-3)55-79(87)83(67-33-17-7-18-34-67)59-92-71-41-25-11-26-42-71)64-101-88-52-48-76(97-4)56-80(88)84(68-35-19-8-20-36-68)60-93-72-43-27-12-28-44-72/h5-56H,61-64H2,1-4H3. The lowest BCUT2D eigenvalue weighted by Gasteiger charge is -2.34. The van der Waals surface area contributed by atoms with Gasteiger partial charge in [0.2, 0.25) is 0 Å². The van der Waals surface area contributed by atoms with Crippen molar-refractivity contribution < 1.29 is 37.9 Å². The number of methoxy groups -OCH3 is 4. The first-order chi connectivity index (χ1) is 49.8. The Balaban J connectivity index is 1.08. The summed E-state index contributed by atoms with van der Waals surface area (Å²) < 4.78 is 53.8. The van der Waals surface area contributed by atoms with E-state index in [1.807, 2.05) is 315 Å². The minimum atomic E-state index is -1.31. The zero-order chi connectivity index (χ0) is 69.3. The van der Waals surface area contributed by atoms with E-state index in [0.29, 0.717) is 90.5 Å². The van der Waals surface area contributed by atoms with Crippen LogP contribution in [-0.4, -0.2) is 78.3 Å². The van der Waals surface area contributed by atoms with Gasteiger partial charge in [0.05, 0.1) is 73.5 Å². The molecule has 12 nitrogen and oxygen atoms in total. The first-order valence-corrected chi connectivity index (χ1v) is 32.9. The summed E-state index contributed by atoms with van der Waals surface area (Å²) in [5, 5.41) is 0. The number of benzene rings is 12. The van der Waals surface area contributed by atoms with Crippen molar-refractivity contribution in [3.8, 4) is 46.0 Å². The maximum absolute atomic E-state index is 7.48. The molecule has 0 spiro atoms. The van der Waals surface area contributed by atoms with E-state index in [1.54, 1.807) is 28.4 Å². The minimum Gasteiger partial charge on any atom is -0.497 e. The van der Waals surface area contributed by atoms with E-state index in [0.717, 1.165) is 45.0 Å². The number of ether oxygens (including phenoxy) is 8. The Morgan fingerprint density at radius 1 is 0.248 bits per heavy atom. The number of para-hydroxylation sites is 4. The van der Waals surface area contributed by atoms with Crippen LogP contribution >= 0.6 is 0 Å². The Hall–Kier alpha value is -13.2. The van der Waals surface area contributed by atoms with E-state index < -0.39 is 5.41 Å². The summed E-state index contributed by atoms with van der Waals surface area (Å²) in [5.74, 6) is 18.0. The van der Waals surface area contributed by atoms with Crippen LogP contribution in [0.25, 0.3) is 22.3 Å². The second-order valence-corrected chi connectivity index (χ2v) is 23.3. The minimum absolute atomic E-state index is 0.1000. The number of aliphatic imine (C=N–C) groups is 4. The molecule has 0 atom stereocenters. The normalized spacial score (nSPS) is 11.0. The number of hydrogen-bond acceptors (Lipinski definition) is 12. The summed E-state index contributed by atoms with van der Waals surface area (Å²) in [6.07, 6.45) is 0. The molecule has 0 aliphatic rings. The van der Waals surface area contributed by atoms with Gasteiger partial charge < -0.3 is 37.9 Å². The third-order valence-electron chi connectivity index (χ3n) is 16.4. The van der Waals surface area contributed by atoms with Gasteiger partial charge in [0, 0.05) is 22.3 Å². The van der Waals surface area contributed by atoms with Crippen LogP contribution in [0.5, 0.6) is 46.0 Å². The van der Waals surface area contributed by atoms with Gasteiger partial charge in [-0.3, -0.25) is 0 Å². The molecule has 0 aliphatic carbocycles. The first-order valence-electron chi connectivity index (χ1n) is 32.9. The van der Waals surface area contributed by atoms with Gasteiger partial charge in [-0.2, -0.15) is 0 Å². The molecule has 0 saturated heterocycles. The number of nitrogens with zero attached hydrogens (tertiary/aromatic N) is 4. The summed E-state index contributed by atoms with van der Waals surface area (Å²) in [6, 6.07) is 102. The van der Waals surface area contributed by atoms with Gasteiger partial charge in [-0.15, -0.1) is 0 Å². The van der Waals surface area contributed by atoms with Gasteiger partial charge >= 0.3 is 0 Å². The van der Waals surface area contributed by atoms with Crippen LogP contribution in [0.1, 0.15) is 44.5 Å². The monoisotopic (exact) mass is 1320 g/mol. The van der Waals surface area contributed by atoms with Crippen molar-refractivity contribution in [1.29, 1.82) is 0 Å². The summed E-state index contributed by atoms with van der Waals surface area (Å²) in [4.78, 5) is 19.6. The van der Waals surface area contributed by atoms with Crippen LogP contribution in [0, 0.1) is 5.41 Å². The highest BCUT2D eigenvalue weighted by Crippen LogP contribution is 2.41. The second-order valence-electron chi connectivity index (χ2n) is 23.3. The highest BCUT2D eigenvalue weighted by atomic mass is 16.5. The lowest BCUT2D eigenvalue weighted by atomic mass is 9.91. The lowest BCUT2D eigenvalue weighted by Crippen LogP contribution is -2.45. The zero-order valence-corrected chi connectivity index (χ0v) is 56.4. The molecule has 0 N–H and O–H groups in total. The van der Waals surface area contributed by atoms with E-state index in [9.17, 15) is 0 Å². The average Bonchev–Trinajstić information content (AvgIpc) is 0.809. The van der Waals surface area contributed by atoms with Gasteiger partial charge in [-0.25, -0.2) is 20.0 Å². The molecule has 12 aromatic carbocycles. The zero-order valence-electron chi connectivity index (χ0n) is 56.4. The fraction of sp³-hybridized carbons (Fsp3) is 0.101. The highest BCUT2D eigenvalue weighted by molar-refractivity contribution is 6.04. The summed E-state index contributed by atoms with van der Waals surface area (Å²) >= 11 is 0. The quantitative estimate of drug-likeness (QED) is 0.0444. The van der Waals surface area contributed by atoms with Gasteiger partial charge in [-0.05, 0) is 167 Å². The van der Waals surface area contributed by atoms with Crippen LogP contribution in [0.3, 0.4) is 0 Å². The second kappa shape index (κ2) is 34.2. The Kier molecular flexibility index (Phi) is 22.9. The van der Waals surface area contributed by atoms with E-state index in [-0.39, 0.29) is 26.4 Å². The fourth-order valence-electron chi connectivity index (χ4n) is 11.0. The van der Waals surface area contributed by atoms with Gasteiger partial charge in [-0.1, -0.05) is 194 Å². The van der Waals surface area contributed by atoms with Crippen molar-refractivity contribution in [3.63, 3.8) is 0 Å². The Labute approximate surface area is 589 Å². The molecule has 0 aromatic heterocycles. The average molecular weight is 1330 g/mol. The van der Waals surface area contributed by atoms with E-state index in [1.165, 1.54) is 0 Å². The van der Waals surface area contributed by atoms with Crippen LogP contribution in [0.2, 0.25) is 0 Å². The third-order valence-corrected chi connectivity index (χ3v) is 16.4. The summed E-state index contributed by atoms with van der Waals surface area (Å²) in [5.41, 5.74) is 10.1. The Morgan fingerprint density at radius 2 is 0.436 bits per heavy atom. The predicted molar refractivity (Wildman–Crippen MR) is 406 cm³/mol. The molecule has 0 amide bonds. The van der Waals surface area contributed by atoms with Crippen molar-refractivity contribution >= 4 is 68.5 Å². The summed E-state index contributed by atoms with van der Waals surface area (Å²) in [7, 11) is 6.55. The topological polar surface area (TPSA) is 123 Å². The van der Waals surface area contributed by atoms with Crippen LogP contribution in [0.4, 0.5) is 22.7 Å². The lowest BCUT2D eigenvalue weighted by molar-refractivity contribution is -0.00381. The molecule has 0 bridgehead atoms. The molecular formula is C89H72N4O8. The molecule has 0 aliphatic heterocycles. The highest BCUT2D eigenvalue weighted by Gasteiger charge is 2.38. The van der Waals surface area contributed by atoms with Crippen LogP contribution in [-0.2, 0) is 0 Å². The molecule has 101 heavy (non-hydrogen) atoms. The largest absolute Gasteiger partial charge is 0.497 e. The molecule has 0 radical (unpaired) electrons. The van der Waals surface area contributed by atoms with Crippen molar-refractivity contribution in [1.82, 2.24) is 0 Å². The molecule has 12 rings (SSSR count). The van der Waals surface area contributed by atoms with Crippen LogP contribution < -0.4 is 37.9 Å². The molecule has 0 saturated carbocycles. The maximum atomic E-state index is 7.48. The molecule has 12 heteroatoms. The maximum Gasteiger partial charge on any atom is 0.128 e. The van der Waals surface area contributed by atoms with Crippen LogP contribution in [0.15, 0.2) is 335 Å². The van der Waals surface area contributed by atoms with Crippen molar-refractivity contribution in [2.24, 2.45) is 25.4 Å². The predicted octanol–water partition coefficient (Wildman–Crippen LogP) is 20.1. The van der Waals surface area contributed by atoms with E-state index in [4.69, 9.17) is 57.9 Å². The molecule has 496 valence electrons. The van der Waals surface area contributed by atoms with Gasteiger partial charge in [0.15, 0.2) is 0 Å². The Morgan fingerprint density at radius 3 is 0.624 bits per heavy atom. The van der Waals surface area contributed by atoms with Gasteiger partial charge in [0.25, 0.3) is 0 Å². The summed E-state index contributed by atoms with van der Waals surface area (Å²) in [6.45, 7) is -0.400. The molecular weight excluding hydrogens is 1250 g/mol. The number of rotatable bonds is 28. The van der Waals surface area contributed by atoms with Crippen molar-refractivity contribution in [3.05, 3.63) is 360 Å². The molecule has 12 aromatic rings. The van der Waals surface area contributed by atoms with Gasteiger partial charge in [0.1, 0.15) is 77.8 Å². The third kappa shape index (κ3) is 17.9.